The highest BCUT2D eigenvalue weighted by Gasteiger charge is 2.20. The van der Waals surface area contributed by atoms with Gasteiger partial charge >= 0.3 is 0 Å². The van der Waals surface area contributed by atoms with Crippen molar-refractivity contribution in [1.82, 2.24) is 4.98 Å². The smallest absolute Gasteiger partial charge is 0.279 e. The predicted octanol–water partition coefficient (Wildman–Crippen LogP) is 3.65. The van der Waals surface area contributed by atoms with Gasteiger partial charge in [-0.1, -0.05) is 48.9 Å². The molecule has 0 aliphatic rings. The Hall–Kier alpha value is -2.21. The molecule has 0 unspecified atom stereocenters. The van der Waals surface area contributed by atoms with E-state index in [0.29, 0.717) is 17.4 Å². The zero-order valence-electron chi connectivity index (χ0n) is 14.5. The van der Waals surface area contributed by atoms with Crippen LogP contribution in [0.25, 0.3) is 0 Å². The standard InChI is InChI=1S/C20H20ClN3OS/c1-2-14-7-9-15(10-8-14)19(17-6-4-12-26-17)23-13-18(25)24-16-5-3-11-22-20(16)21/h3-12,19,23H,2,13H2,1H3,(H,24,25)/p+1/t19-/m1/s1. The van der Waals surface area contributed by atoms with Crippen LogP contribution in [-0.4, -0.2) is 17.4 Å². The molecule has 0 radical (unpaired) electrons. The average Bonchev–Trinajstić information content (AvgIpc) is 3.19. The van der Waals surface area contributed by atoms with E-state index in [2.05, 4.69) is 52.9 Å². The quantitative estimate of drug-likeness (QED) is 0.609. The summed E-state index contributed by atoms with van der Waals surface area (Å²) in [6.45, 7) is 2.44. The lowest BCUT2D eigenvalue weighted by molar-refractivity contribution is -0.675. The van der Waals surface area contributed by atoms with Crippen LogP contribution in [0.4, 0.5) is 5.69 Å². The van der Waals surface area contributed by atoms with Crippen LogP contribution < -0.4 is 10.6 Å². The minimum absolute atomic E-state index is 0.0935. The third-order valence-electron chi connectivity index (χ3n) is 4.17. The number of quaternary nitrogens is 1. The molecule has 134 valence electrons. The summed E-state index contributed by atoms with van der Waals surface area (Å²) in [6.07, 6.45) is 2.61. The van der Waals surface area contributed by atoms with Crippen LogP contribution in [0.1, 0.15) is 29.0 Å². The molecule has 1 atom stereocenters. The van der Waals surface area contributed by atoms with Gasteiger partial charge in [0.1, 0.15) is 6.04 Å². The molecule has 2 aromatic heterocycles. The number of halogens is 1. The van der Waals surface area contributed by atoms with Crippen LogP contribution in [0, 0.1) is 0 Å². The summed E-state index contributed by atoms with van der Waals surface area (Å²) in [6, 6.07) is 16.3. The van der Waals surface area contributed by atoms with Crippen molar-refractivity contribution in [3.8, 4) is 0 Å². The number of aromatic nitrogens is 1. The molecule has 0 aliphatic carbocycles. The number of carbonyl (C=O) groups excluding carboxylic acids is 1. The molecule has 0 saturated carbocycles. The summed E-state index contributed by atoms with van der Waals surface area (Å²) in [5.74, 6) is -0.105. The Balaban J connectivity index is 1.70. The van der Waals surface area contributed by atoms with Gasteiger partial charge in [-0.15, -0.1) is 11.3 Å². The number of thiophene rings is 1. The summed E-state index contributed by atoms with van der Waals surface area (Å²) in [5.41, 5.74) is 3.03. The molecule has 0 aliphatic heterocycles. The zero-order chi connectivity index (χ0) is 18.4. The summed E-state index contributed by atoms with van der Waals surface area (Å²) in [4.78, 5) is 17.5. The van der Waals surface area contributed by atoms with Crippen LogP contribution in [0.5, 0.6) is 0 Å². The Morgan fingerprint density at radius 1 is 1.23 bits per heavy atom. The van der Waals surface area contributed by atoms with E-state index < -0.39 is 0 Å². The molecule has 2 heterocycles. The first kappa shape index (κ1) is 18.6. The van der Waals surface area contributed by atoms with Gasteiger partial charge in [-0.2, -0.15) is 0 Å². The van der Waals surface area contributed by atoms with E-state index in [0.717, 1.165) is 6.42 Å². The van der Waals surface area contributed by atoms with Crippen molar-refractivity contribution in [3.63, 3.8) is 0 Å². The largest absolute Gasteiger partial charge is 0.328 e. The number of anilines is 1. The van der Waals surface area contributed by atoms with Gasteiger partial charge in [-0.05, 0) is 35.6 Å². The monoisotopic (exact) mass is 386 g/mol. The number of hydrogen-bond acceptors (Lipinski definition) is 3. The Bertz CT molecular complexity index is 850. The third kappa shape index (κ3) is 4.69. The van der Waals surface area contributed by atoms with Crippen LogP contribution >= 0.6 is 22.9 Å². The maximum absolute atomic E-state index is 12.3. The number of benzene rings is 1. The van der Waals surface area contributed by atoms with Crippen LogP contribution in [-0.2, 0) is 11.2 Å². The molecule has 3 aromatic rings. The van der Waals surface area contributed by atoms with E-state index in [1.165, 1.54) is 16.0 Å². The number of nitrogens with one attached hydrogen (secondary N) is 1. The van der Waals surface area contributed by atoms with E-state index >= 15 is 0 Å². The Morgan fingerprint density at radius 3 is 2.69 bits per heavy atom. The van der Waals surface area contributed by atoms with Crippen LogP contribution in [0.2, 0.25) is 5.15 Å². The Labute approximate surface area is 162 Å². The SMILES string of the molecule is CCc1ccc([C@@H]([NH2+]CC(=O)Nc2cccnc2Cl)c2cccs2)cc1. The average molecular weight is 387 g/mol. The van der Waals surface area contributed by atoms with Gasteiger partial charge in [0.15, 0.2) is 11.7 Å². The number of nitrogens with zero attached hydrogens (tertiary/aromatic N) is 1. The number of nitrogens with two attached hydrogens (primary N) is 1. The minimum Gasteiger partial charge on any atom is -0.328 e. The molecule has 6 heteroatoms. The molecule has 0 saturated heterocycles. The molecule has 0 fully saturated rings. The van der Waals surface area contributed by atoms with Crippen molar-refractivity contribution in [2.24, 2.45) is 0 Å². The fourth-order valence-corrected chi connectivity index (χ4v) is 3.77. The van der Waals surface area contributed by atoms with E-state index in [9.17, 15) is 4.79 Å². The van der Waals surface area contributed by atoms with Crippen molar-refractivity contribution < 1.29 is 10.1 Å². The second kappa shape index (κ2) is 8.94. The summed E-state index contributed by atoms with van der Waals surface area (Å²) in [5, 5.41) is 7.23. The van der Waals surface area contributed by atoms with E-state index in [4.69, 9.17) is 11.6 Å². The van der Waals surface area contributed by atoms with Gasteiger partial charge in [0, 0.05) is 11.8 Å². The molecule has 4 nitrogen and oxygen atoms in total. The lowest BCUT2D eigenvalue weighted by Gasteiger charge is -2.15. The molecule has 3 rings (SSSR count). The van der Waals surface area contributed by atoms with Crippen molar-refractivity contribution in [3.05, 3.63) is 81.3 Å². The van der Waals surface area contributed by atoms with E-state index in [1.54, 1.807) is 29.7 Å². The summed E-state index contributed by atoms with van der Waals surface area (Å²) < 4.78 is 0. The zero-order valence-corrected chi connectivity index (χ0v) is 16.1. The van der Waals surface area contributed by atoms with Crippen LogP contribution in [0.3, 0.4) is 0 Å². The Morgan fingerprint density at radius 2 is 2.04 bits per heavy atom. The number of carbonyl (C=O) groups is 1. The maximum atomic E-state index is 12.3. The van der Waals surface area contributed by atoms with Gasteiger partial charge in [0.25, 0.3) is 5.91 Å². The molecule has 0 bridgehead atoms. The lowest BCUT2D eigenvalue weighted by atomic mass is 10.0. The highest BCUT2D eigenvalue weighted by molar-refractivity contribution is 7.10. The second-order valence-corrected chi connectivity index (χ2v) is 7.26. The number of amides is 1. The molecule has 0 spiro atoms. The molecule has 26 heavy (non-hydrogen) atoms. The fourth-order valence-electron chi connectivity index (χ4n) is 2.75. The summed E-state index contributed by atoms with van der Waals surface area (Å²) in [7, 11) is 0. The van der Waals surface area contributed by atoms with Gasteiger partial charge in [-0.25, -0.2) is 4.98 Å². The topological polar surface area (TPSA) is 58.6 Å². The molecule has 1 aromatic carbocycles. The molecule has 3 N–H and O–H groups in total. The van der Waals surface area contributed by atoms with Crippen molar-refractivity contribution in [1.29, 1.82) is 0 Å². The minimum atomic E-state index is -0.105. The fraction of sp³-hybridized carbons (Fsp3) is 0.200. The van der Waals surface area contributed by atoms with Gasteiger partial charge < -0.3 is 10.6 Å². The summed E-state index contributed by atoms with van der Waals surface area (Å²) >= 11 is 7.70. The maximum Gasteiger partial charge on any atom is 0.279 e. The lowest BCUT2D eigenvalue weighted by Crippen LogP contribution is -2.87. The molecular weight excluding hydrogens is 366 g/mol. The Kier molecular flexibility index (Phi) is 6.39. The first-order valence-electron chi connectivity index (χ1n) is 8.53. The normalized spacial score (nSPS) is 11.9. The number of pyridine rings is 1. The number of rotatable bonds is 7. The first-order chi connectivity index (χ1) is 12.7. The highest BCUT2D eigenvalue weighted by atomic mass is 35.5. The molecular formula is C20H21ClN3OS+. The van der Waals surface area contributed by atoms with E-state index in [-0.39, 0.29) is 11.9 Å². The molecule has 1 amide bonds. The van der Waals surface area contributed by atoms with E-state index in [1.807, 2.05) is 11.4 Å². The van der Waals surface area contributed by atoms with Crippen LogP contribution in [0.15, 0.2) is 60.1 Å². The van der Waals surface area contributed by atoms with Crippen molar-refractivity contribution >= 4 is 34.5 Å². The highest BCUT2D eigenvalue weighted by Crippen LogP contribution is 2.23. The van der Waals surface area contributed by atoms with Gasteiger partial charge in [0.2, 0.25) is 0 Å². The van der Waals surface area contributed by atoms with Crippen molar-refractivity contribution in [2.45, 2.75) is 19.4 Å². The number of hydrogen-bond donors (Lipinski definition) is 2. The van der Waals surface area contributed by atoms with Gasteiger partial charge in [-0.3, -0.25) is 4.79 Å². The third-order valence-corrected chi connectivity index (χ3v) is 5.43. The number of aryl methyl sites for hydroxylation is 1. The van der Waals surface area contributed by atoms with Gasteiger partial charge in [0.05, 0.1) is 10.6 Å². The first-order valence-corrected chi connectivity index (χ1v) is 9.79. The predicted molar refractivity (Wildman–Crippen MR) is 107 cm³/mol. The second-order valence-electron chi connectivity index (χ2n) is 5.92. The van der Waals surface area contributed by atoms with Crippen molar-refractivity contribution in [2.75, 3.05) is 11.9 Å².